The van der Waals surface area contributed by atoms with Crippen molar-refractivity contribution in [1.82, 2.24) is 23.8 Å². The second-order valence-corrected chi connectivity index (χ2v) is 10.7. The highest BCUT2D eigenvalue weighted by atomic mass is 32.2. The largest absolute Gasteiger partial charge is 0.497 e. The first-order valence-corrected chi connectivity index (χ1v) is 12.2. The monoisotopic (exact) mass is 492 g/mol. The normalized spacial score (nSPS) is 14.2. The van der Waals surface area contributed by atoms with Gasteiger partial charge in [0.25, 0.3) is 16.1 Å². The third kappa shape index (κ3) is 4.57. The van der Waals surface area contributed by atoms with E-state index >= 15 is 0 Å². The number of carbonyl (C=O) groups is 1. The summed E-state index contributed by atoms with van der Waals surface area (Å²) in [5.74, 6) is 0.831. The molecule has 3 aromatic rings. The van der Waals surface area contributed by atoms with E-state index in [1.807, 2.05) is 0 Å². The fourth-order valence-corrected chi connectivity index (χ4v) is 5.58. The quantitative estimate of drug-likeness (QED) is 0.516. The molecule has 0 unspecified atom stereocenters. The van der Waals surface area contributed by atoms with E-state index in [-0.39, 0.29) is 12.2 Å². The molecule has 0 bridgehead atoms. The van der Waals surface area contributed by atoms with E-state index in [9.17, 15) is 13.2 Å². The standard InChI is InChI=1S/C20H24N6O5S2/c1-25(2)33(28,29)26-8-7-14-18(11-26)32-20(21-14)22-19(27)16-10-15(23-24-16)13-9-12(30-3)5-6-17(13)31-4/h5-6,9-10H,7-8,11H2,1-4H3,(H,23,24)(H,21,22,27). The number of nitrogens with one attached hydrogen (secondary N) is 2. The molecule has 11 nitrogen and oxygen atoms in total. The molecule has 0 saturated heterocycles. The smallest absolute Gasteiger partial charge is 0.281 e. The molecule has 2 N–H and O–H groups in total. The van der Waals surface area contributed by atoms with E-state index in [0.717, 1.165) is 10.6 Å². The van der Waals surface area contributed by atoms with Crippen LogP contribution in [0, 0.1) is 0 Å². The number of benzene rings is 1. The molecule has 1 aromatic carbocycles. The summed E-state index contributed by atoms with van der Waals surface area (Å²) < 4.78 is 38.1. The van der Waals surface area contributed by atoms with Crippen LogP contribution < -0.4 is 14.8 Å². The number of nitrogens with zero attached hydrogens (tertiary/aromatic N) is 4. The van der Waals surface area contributed by atoms with Crippen molar-refractivity contribution in [1.29, 1.82) is 0 Å². The summed E-state index contributed by atoms with van der Waals surface area (Å²) in [6.07, 6.45) is 0.485. The highest BCUT2D eigenvalue weighted by molar-refractivity contribution is 7.86. The molecule has 0 radical (unpaired) electrons. The molecular formula is C20H24N6O5S2. The van der Waals surface area contributed by atoms with Crippen LogP contribution in [0.4, 0.5) is 5.13 Å². The Hall–Kier alpha value is -3.00. The van der Waals surface area contributed by atoms with Gasteiger partial charge in [-0.25, -0.2) is 4.98 Å². The van der Waals surface area contributed by atoms with Crippen molar-refractivity contribution in [3.05, 3.63) is 40.5 Å². The minimum absolute atomic E-state index is 0.229. The average Bonchev–Trinajstić information content (AvgIpc) is 3.44. The van der Waals surface area contributed by atoms with E-state index in [1.54, 1.807) is 38.5 Å². The third-order valence-corrected chi connectivity index (χ3v) is 8.09. The molecule has 13 heteroatoms. The van der Waals surface area contributed by atoms with Crippen LogP contribution >= 0.6 is 11.3 Å². The molecule has 4 rings (SSSR count). The Morgan fingerprint density at radius 3 is 2.73 bits per heavy atom. The fourth-order valence-electron chi connectivity index (χ4n) is 3.41. The van der Waals surface area contributed by atoms with Gasteiger partial charge >= 0.3 is 0 Å². The topological polar surface area (TPSA) is 130 Å². The average molecular weight is 493 g/mol. The SMILES string of the molecule is COc1ccc(OC)c(-c2cc(C(=O)Nc3nc4c(s3)CN(S(=O)(=O)N(C)C)CC4)[nH]n2)c1. The lowest BCUT2D eigenvalue weighted by molar-refractivity contribution is 0.102. The van der Waals surface area contributed by atoms with Gasteiger partial charge in [0.05, 0.1) is 32.2 Å². The van der Waals surface area contributed by atoms with Crippen molar-refractivity contribution in [2.24, 2.45) is 0 Å². The van der Waals surface area contributed by atoms with Gasteiger partial charge in [-0.3, -0.25) is 15.2 Å². The summed E-state index contributed by atoms with van der Waals surface area (Å²) in [5.41, 5.74) is 2.25. The number of aromatic amines is 1. The van der Waals surface area contributed by atoms with Crippen molar-refractivity contribution in [2.45, 2.75) is 13.0 Å². The number of carbonyl (C=O) groups excluding carboxylic acids is 1. The predicted molar refractivity (Wildman–Crippen MR) is 124 cm³/mol. The number of thiazole rings is 1. The van der Waals surface area contributed by atoms with Gasteiger partial charge in [-0.15, -0.1) is 11.3 Å². The summed E-state index contributed by atoms with van der Waals surface area (Å²) in [4.78, 5) is 18.1. The van der Waals surface area contributed by atoms with Crippen LogP contribution in [0.5, 0.6) is 11.5 Å². The maximum atomic E-state index is 12.8. The Kier molecular flexibility index (Phi) is 6.38. The lowest BCUT2D eigenvalue weighted by atomic mass is 10.1. The molecule has 3 heterocycles. The number of fused-ring (bicyclic) bond motifs is 1. The van der Waals surface area contributed by atoms with Crippen molar-refractivity contribution < 1.29 is 22.7 Å². The Bertz CT molecular complexity index is 1280. The van der Waals surface area contributed by atoms with Crippen molar-refractivity contribution in [2.75, 3.05) is 40.2 Å². The molecule has 176 valence electrons. The first-order chi connectivity index (χ1) is 15.7. The Morgan fingerprint density at radius 1 is 1.24 bits per heavy atom. The van der Waals surface area contributed by atoms with E-state index in [0.29, 0.717) is 40.9 Å². The summed E-state index contributed by atoms with van der Waals surface area (Å²) in [6, 6.07) is 6.94. The second kappa shape index (κ2) is 9.09. The van der Waals surface area contributed by atoms with E-state index in [1.165, 1.54) is 34.0 Å². The molecule has 2 aromatic heterocycles. The van der Waals surface area contributed by atoms with Crippen molar-refractivity contribution >= 4 is 32.6 Å². The molecule has 1 aliphatic heterocycles. The fraction of sp³-hybridized carbons (Fsp3) is 0.350. The zero-order valence-corrected chi connectivity index (χ0v) is 20.2. The summed E-state index contributed by atoms with van der Waals surface area (Å²) in [7, 11) is 2.62. The molecule has 0 saturated carbocycles. The van der Waals surface area contributed by atoms with Crippen LogP contribution in [0.1, 0.15) is 21.1 Å². The zero-order chi connectivity index (χ0) is 23.8. The van der Waals surface area contributed by atoms with E-state index < -0.39 is 16.1 Å². The van der Waals surface area contributed by atoms with Gasteiger partial charge in [-0.1, -0.05) is 0 Å². The number of amides is 1. The molecule has 0 atom stereocenters. The van der Waals surface area contributed by atoms with Gasteiger partial charge in [0.15, 0.2) is 5.13 Å². The molecule has 0 aliphatic carbocycles. The number of anilines is 1. The summed E-state index contributed by atoms with van der Waals surface area (Å²) in [5, 5.41) is 10.2. The Balaban J connectivity index is 1.50. The van der Waals surface area contributed by atoms with Gasteiger partial charge < -0.3 is 9.47 Å². The molecule has 0 spiro atoms. The maximum absolute atomic E-state index is 12.8. The van der Waals surface area contributed by atoms with Gasteiger partial charge in [0.2, 0.25) is 0 Å². The number of hydrogen-bond donors (Lipinski definition) is 2. The lowest BCUT2D eigenvalue weighted by Gasteiger charge is -2.27. The minimum atomic E-state index is -3.51. The van der Waals surface area contributed by atoms with Crippen molar-refractivity contribution in [3.8, 4) is 22.8 Å². The Labute approximate surface area is 195 Å². The number of methoxy groups -OCH3 is 2. The minimum Gasteiger partial charge on any atom is -0.497 e. The van der Waals surface area contributed by atoms with Gasteiger partial charge in [0, 0.05) is 37.5 Å². The molecular weight excluding hydrogens is 468 g/mol. The number of ether oxygens (including phenoxy) is 2. The number of aromatic nitrogens is 3. The summed E-state index contributed by atoms with van der Waals surface area (Å²) in [6.45, 7) is 0.574. The predicted octanol–water partition coefficient (Wildman–Crippen LogP) is 1.97. The molecule has 33 heavy (non-hydrogen) atoms. The van der Waals surface area contributed by atoms with Crippen LogP contribution in [-0.4, -0.2) is 73.0 Å². The number of H-pyrrole nitrogens is 1. The maximum Gasteiger partial charge on any atom is 0.281 e. The van der Waals surface area contributed by atoms with Crippen LogP contribution in [0.15, 0.2) is 24.3 Å². The van der Waals surface area contributed by atoms with E-state index in [4.69, 9.17) is 9.47 Å². The molecule has 0 fully saturated rings. The van der Waals surface area contributed by atoms with Crippen LogP contribution in [0.3, 0.4) is 0 Å². The molecule has 1 aliphatic rings. The second-order valence-electron chi connectivity index (χ2n) is 7.45. The number of hydrogen-bond acceptors (Lipinski definition) is 8. The third-order valence-electron chi connectivity index (χ3n) is 5.21. The van der Waals surface area contributed by atoms with Crippen molar-refractivity contribution in [3.63, 3.8) is 0 Å². The Morgan fingerprint density at radius 2 is 2.03 bits per heavy atom. The lowest BCUT2D eigenvalue weighted by Crippen LogP contribution is -2.42. The first-order valence-electron chi connectivity index (χ1n) is 9.98. The van der Waals surface area contributed by atoms with Crippen LogP contribution in [0.2, 0.25) is 0 Å². The molecule has 1 amide bonds. The summed E-state index contributed by atoms with van der Waals surface area (Å²) >= 11 is 1.27. The number of rotatable bonds is 7. The van der Waals surface area contributed by atoms with Gasteiger partial charge in [-0.05, 0) is 24.3 Å². The van der Waals surface area contributed by atoms with Gasteiger partial charge in [-0.2, -0.15) is 22.1 Å². The highest BCUT2D eigenvalue weighted by Crippen LogP contribution is 2.33. The highest BCUT2D eigenvalue weighted by Gasteiger charge is 2.30. The van der Waals surface area contributed by atoms with Gasteiger partial charge in [0.1, 0.15) is 17.2 Å². The zero-order valence-electron chi connectivity index (χ0n) is 18.6. The van der Waals surface area contributed by atoms with Crippen LogP contribution in [0.25, 0.3) is 11.3 Å². The van der Waals surface area contributed by atoms with E-state index in [2.05, 4.69) is 20.5 Å². The van der Waals surface area contributed by atoms with Crippen LogP contribution in [-0.2, 0) is 23.2 Å². The first kappa shape index (κ1) is 23.2.